The molecule has 8 heteroatoms. The molecule has 136 valence electrons. The summed E-state index contributed by atoms with van der Waals surface area (Å²) < 4.78 is 7.89. The van der Waals surface area contributed by atoms with Gasteiger partial charge < -0.3 is 4.74 Å². The molecule has 0 aliphatic carbocycles. The van der Waals surface area contributed by atoms with Crippen LogP contribution in [0.25, 0.3) is 0 Å². The molecule has 0 bridgehead atoms. The van der Waals surface area contributed by atoms with Crippen molar-refractivity contribution in [2.45, 2.75) is 31.5 Å². The molecule has 3 aromatic rings. The molecule has 8 nitrogen and oxygen atoms in total. The van der Waals surface area contributed by atoms with Gasteiger partial charge in [-0.05, 0) is 19.0 Å². The lowest BCUT2D eigenvalue weighted by Crippen LogP contribution is -2.32. The van der Waals surface area contributed by atoms with Gasteiger partial charge >= 0.3 is 0 Å². The zero-order valence-electron chi connectivity index (χ0n) is 14.8. The number of ether oxygens (including phenoxy) is 1. The van der Waals surface area contributed by atoms with Gasteiger partial charge in [0.15, 0.2) is 0 Å². The van der Waals surface area contributed by atoms with E-state index >= 15 is 0 Å². The van der Waals surface area contributed by atoms with Crippen LogP contribution in [0.4, 0.5) is 0 Å². The Labute approximate surface area is 152 Å². The number of aromatic amines is 1. The zero-order chi connectivity index (χ0) is 17.8. The normalized spacial score (nSPS) is 20.1. The minimum atomic E-state index is 0.117. The molecule has 1 N–H and O–H groups in total. The van der Waals surface area contributed by atoms with E-state index in [1.165, 1.54) is 5.56 Å². The Kier molecular flexibility index (Phi) is 5.03. The Bertz CT molecular complexity index is 802. The van der Waals surface area contributed by atoms with Crippen molar-refractivity contribution < 1.29 is 4.74 Å². The number of rotatable bonds is 7. The maximum Gasteiger partial charge on any atom is 0.137 e. The van der Waals surface area contributed by atoms with E-state index in [0.29, 0.717) is 0 Å². The monoisotopic (exact) mass is 353 g/mol. The van der Waals surface area contributed by atoms with Gasteiger partial charge in [0, 0.05) is 25.6 Å². The molecule has 1 aliphatic rings. The molecule has 0 spiro atoms. The third-order valence-corrected chi connectivity index (χ3v) is 4.79. The van der Waals surface area contributed by atoms with Crippen LogP contribution in [-0.4, -0.2) is 61.4 Å². The van der Waals surface area contributed by atoms with Crippen LogP contribution < -0.4 is 0 Å². The highest BCUT2D eigenvalue weighted by Crippen LogP contribution is 2.29. The Hall–Kier alpha value is -2.58. The van der Waals surface area contributed by atoms with E-state index in [9.17, 15) is 0 Å². The van der Waals surface area contributed by atoms with E-state index in [-0.39, 0.29) is 12.0 Å². The summed E-state index contributed by atoms with van der Waals surface area (Å²) in [5, 5.41) is 15.3. The van der Waals surface area contributed by atoms with Crippen molar-refractivity contribution in [3.8, 4) is 0 Å². The minimum absolute atomic E-state index is 0.117. The maximum atomic E-state index is 5.94. The number of hydrogen-bond acceptors (Lipinski definition) is 6. The highest BCUT2D eigenvalue weighted by Gasteiger charge is 2.32. The first-order valence-electron chi connectivity index (χ1n) is 8.86. The standard InChI is InChI=1S/C18H23N7O/c1-24(12-17-16(7-8-26-17)18-19-13-21-22-18)11-15-9-20-23-25(15)10-14-5-3-2-4-6-14/h2-6,9,13,16-17H,7-8,10-12H2,1H3,(H,19,21,22)/t16-,17-/m1/s1. The predicted octanol–water partition coefficient (Wildman–Crippen LogP) is 1.45. The van der Waals surface area contributed by atoms with Gasteiger partial charge in [0.25, 0.3) is 0 Å². The average molecular weight is 353 g/mol. The topological polar surface area (TPSA) is 84.8 Å². The highest BCUT2D eigenvalue weighted by molar-refractivity contribution is 5.15. The second-order valence-electron chi connectivity index (χ2n) is 6.74. The molecule has 2 atom stereocenters. The maximum absolute atomic E-state index is 5.94. The van der Waals surface area contributed by atoms with Crippen LogP contribution in [0, 0.1) is 0 Å². The SMILES string of the molecule is CN(Cc1cnnn1Cc1ccccc1)C[C@H]1OCC[C@H]1c1ncn[nH]1. The molecule has 4 rings (SSSR count). The average Bonchev–Trinajstić information content (AvgIpc) is 3.38. The predicted molar refractivity (Wildman–Crippen MR) is 95.4 cm³/mol. The molecule has 1 aromatic carbocycles. The van der Waals surface area contributed by atoms with Crippen molar-refractivity contribution in [3.05, 3.63) is 59.9 Å². The van der Waals surface area contributed by atoms with Crippen molar-refractivity contribution in [1.29, 1.82) is 0 Å². The van der Waals surface area contributed by atoms with Gasteiger partial charge in [0.2, 0.25) is 0 Å². The molecule has 0 unspecified atom stereocenters. The van der Waals surface area contributed by atoms with Gasteiger partial charge in [-0.15, -0.1) is 5.10 Å². The number of likely N-dealkylation sites (N-methyl/N-ethyl adjacent to an activating group) is 1. The molecule has 0 amide bonds. The first-order chi connectivity index (χ1) is 12.8. The Morgan fingerprint density at radius 1 is 1.31 bits per heavy atom. The summed E-state index contributed by atoms with van der Waals surface area (Å²) in [4.78, 5) is 6.55. The second kappa shape index (κ2) is 7.76. The Morgan fingerprint density at radius 2 is 2.19 bits per heavy atom. The third kappa shape index (κ3) is 3.81. The Morgan fingerprint density at radius 3 is 3.00 bits per heavy atom. The van der Waals surface area contributed by atoms with Crippen LogP contribution in [0.2, 0.25) is 0 Å². The van der Waals surface area contributed by atoms with Crippen molar-refractivity contribution in [2.75, 3.05) is 20.2 Å². The van der Waals surface area contributed by atoms with E-state index in [4.69, 9.17) is 4.74 Å². The van der Waals surface area contributed by atoms with Crippen molar-refractivity contribution in [2.24, 2.45) is 0 Å². The molecule has 1 aliphatic heterocycles. The fourth-order valence-electron chi connectivity index (χ4n) is 3.47. The number of aromatic nitrogens is 6. The lowest BCUT2D eigenvalue weighted by atomic mass is 10.0. The molecule has 26 heavy (non-hydrogen) atoms. The molecule has 2 aromatic heterocycles. The van der Waals surface area contributed by atoms with E-state index in [1.807, 2.05) is 29.1 Å². The smallest absolute Gasteiger partial charge is 0.137 e. The van der Waals surface area contributed by atoms with E-state index in [2.05, 4.69) is 49.6 Å². The van der Waals surface area contributed by atoms with E-state index in [0.717, 1.165) is 44.2 Å². The summed E-state index contributed by atoms with van der Waals surface area (Å²) in [5.41, 5.74) is 2.30. The summed E-state index contributed by atoms with van der Waals surface area (Å²) in [6, 6.07) is 10.3. The lowest BCUT2D eigenvalue weighted by Gasteiger charge is -2.23. The summed E-state index contributed by atoms with van der Waals surface area (Å²) >= 11 is 0. The van der Waals surface area contributed by atoms with E-state index in [1.54, 1.807) is 6.33 Å². The summed E-state index contributed by atoms with van der Waals surface area (Å²) in [6.45, 7) is 3.08. The second-order valence-corrected chi connectivity index (χ2v) is 6.74. The quantitative estimate of drug-likeness (QED) is 0.692. The number of nitrogens with one attached hydrogen (secondary N) is 1. The Balaban J connectivity index is 1.38. The molecule has 0 saturated carbocycles. The van der Waals surface area contributed by atoms with Crippen LogP contribution in [-0.2, 0) is 17.8 Å². The van der Waals surface area contributed by atoms with Gasteiger partial charge in [-0.25, -0.2) is 9.67 Å². The number of nitrogens with zero attached hydrogens (tertiary/aromatic N) is 6. The summed E-state index contributed by atoms with van der Waals surface area (Å²) in [7, 11) is 2.10. The van der Waals surface area contributed by atoms with Crippen LogP contribution in [0.3, 0.4) is 0 Å². The van der Waals surface area contributed by atoms with Gasteiger partial charge in [-0.2, -0.15) is 5.10 Å². The van der Waals surface area contributed by atoms with Gasteiger partial charge in [0.05, 0.1) is 24.5 Å². The van der Waals surface area contributed by atoms with E-state index < -0.39 is 0 Å². The van der Waals surface area contributed by atoms with Gasteiger partial charge in [0.1, 0.15) is 12.2 Å². The molecular weight excluding hydrogens is 330 g/mol. The van der Waals surface area contributed by atoms with Gasteiger partial charge in [-0.1, -0.05) is 35.5 Å². The first kappa shape index (κ1) is 16.9. The molecule has 1 saturated heterocycles. The van der Waals surface area contributed by atoms with Crippen molar-refractivity contribution in [1.82, 2.24) is 35.1 Å². The van der Waals surface area contributed by atoms with Crippen LogP contribution in [0.5, 0.6) is 0 Å². The molecule has 3 heterocycles. The van der Waals surface area contributed by atoms with Crippen LogP contribution in [0.1, 0.15) is 29.4 Å². The largest absolute Gasteiger partial charge is 0.376 e. The van der Waals surface area contributed by atoms with Gasteiger partial charge in [-0.3, -0.25) is 10.00 Å². The number of H-pyrrole nitrogens is 1. The first-order valence-corrected chi connectivity index (χ1v) is 8.86. The fraction of sp³-hybridized carbons (Fsp3) is 0.444. The number of benzene rings is 1. The molecular formula is C18H23N7O. The van der Waals surface area contributed by atoms with Crippen LogP contribution >= 0.6 is 0 Å². The number of hydrogen-bond donors (Lipinski definition) is 1. The fourth-order valence-corrected chi connectivity index (χ4v) is 3.47. The van der Waals surface area contributed by atoms with Crippen LogP contribution in [0.15, 0.2) is 42.9 Å². The highest BCUT2D eigenvalue weighted by atomic mass is 16.5. The zero-order valence-corrected chi connectivity index (χ0v) is 14.8. The van der Waals surface area contributed by atoms with Crippen molar-refractivity contribution >= 4 is 0 Å². The minimum Gasteiger partial charge on any atom is -0.376 e. The molecule has 1 fully saturated rings. The molecule has 0 radical (unpaired) electrons. The third-order valence-electron chi connectivity index (χ3n) is 4.79. The lowest BCUT2D eigenvalue weighted by molar-refractivity contribution is 0.0704. The summed E-state index contributed by atoms with van der Waals surface area (Å²) in [5.74, 6) is 1.18. The summed E-state index contributed by atoms with van der Waals surface area (Å²) in [6.07, 6.45) is 4.48. The van der Waals surface area contributed by atoms with Crippen molar-refractivity contribution in [3.63, 3.8) is 0 Å².